The fourth-order valence-electron chi connectivity index (χ4n) is 1.17. The molecule has 4 nitrogen and oxygen atoms in total. The van der Waals surface area contributed by atoms with Gasteiger partial charge in [0.05, 0.1) is 4.88 Å². The highest BCUT2D eigenvalue weighted by molar-refractivity contribution is 7.21. The van der Waals surface area contributed by atoms with Crippen molar-refractivity contribution in [2.24, 2.45) is 5.73 Å². The van der Waals surface area contributed by atoms with Crippen molar-refractivity contribution in [2.45, 2.75) is 6.54 Å². The van der Waals surface area contributed by atoms with Crippen LogP contribution in [-0.4, -0.2) is 16.1 Å². The van der Waals surface area contributed by atoms with Crippen LogP contribution in [0.5, 0.6) is 0 Å². The average Bonchev–Trinajstić information content (AvgIpc) is 2.86. The van der Waals surface area contributed by atoms with E-state index in [1.807, 2.05) is 17.5 Å². The molecule has 78 valence electrons. The van der Waals surface area contributed by atoms with E-state index in [0.29, 0.717) is 9.88 Å². The monoisotopic (exact) mass is 240 g/mol. The van der Waals surface area contributed by atoms with Gasteiger partial charge < -0.3 is 10.8 Å². The van der Waals surface area contributed by atoms with Gasteiger partial charge in [-0.25, -0.2) is 9.78 Å². The van der Waals surface area contributed by atoms with E-state index >= 15 is 0 Å². The molecule has 2 rings (SSSR count). The van der Waals surface area contributed by atoms with E-state index in [-0.39, 0.29) is 12.2 Å². The molecule has 0 aliphatic heterocycles. The van der Waals surface area contributed by atoms with Crippen molar-refractivity contribution >= 4 is 28.6 Å². The van der Waals surface area contributed by atoms with Crippen molar-refractivity contribution in [2.75, 3.05) is 0 Å². The molecule has 2 aromatic rings. The molecule has 6 heteroatoms. The number of aromatic nitrogens is 1. The first-order valence-electron chi connectivity index (χ1n) is 4.19. The van der Waals surface area contributed by atoms with Gasteiger partial charge in [0, 0.05) is 11.4 Å². The Morgan fingerprint density at radius 2 is 2.40 bits per heavy atom. The lowest BCUT2D eigenvalue weighted by Gasteiger charge is -1.92. The van der Waals surface area contributed by atoms with Crippen molar-refractivity contribution in [1.29, 1.82) is 0 Å². The summed E-state index contributed by atoms with van der Waals surface area (Å²) >= 11 is 2.84. The van der Waals surface area contributed by atoms with E-state index in [1.165, 1.54) is 22.7 Å². The van der Waals surface area contributed by atoms with Gasteiger partial charge in [-0.2, -0.15) is 0 Å². The summed E-state index contributed by atoms with van der Waals surface area (Å²) in [6.07, 6.45) is 0. The number of aromatic carboxylic acids is 1. The molecule has 0 bridgehead atoms. The van der Waals surface area contributed by atoms with Gasteiger partial charge in [0.2, 0.25) is 0 Å². The Hall–Kier alpha value is -1.24. The maximum atomic E-state index is 11.0. The lowest BCUT2D eigenvalue weighted by Crippen LogP contribution is -2.00. The van der Waals surface area contributed by atoms with Crippen LogP contribution in [0.2, 0.25) is 0 Å². The topological polar surface area (TPSA) is 76.2 Å². The predicted octanol–water partition coefficient (Wildman–Crippen LogP) is 2.03. The number of carbonyl (C=O) groups is 1. The molecule has 0 fully saturated rings. The summed E-state index contributed by atoms with van der Waals surface area (Å²) in [4.78, 5) is 16.6. The molecule has 0 amide bonds. The summed E-state index contributed by atoms with van der Waals surface area (Å²) in [7, 11) is 0. The minimum absolute atomic E-state index is 0.0999. The maximum Gasteiger partial charge on any atom is 0.356 e. The number of thiophene rings is 1. The van der Waals surface area contributed by atoms with Crippen LogP contribution < -0.4 is 5.73 Å². The molecule has 0 aliphatic carbocycles. The third-order valence-corrected chi connectivity index (χ3v) is 3.92. The number of carboxylic acid groups (broad SMARTS) is 1. The van der Waals surface area contributed by atoms with Gasteiger partial charge in [-0.3, -0.25) is 0 Å². The summed E-state index contributed by atoms with van der Waals surface area (Å²) in [5.74, 6) is -1.01. The van der Waals surface area contributed by atoms with Crippen LogP contribution in [0.25, 0.3) is 9.75 Å². The zero-order valence-electron chi connectivity index (χ0n) is 7.64. The van der Waals surface area contributed by atoms with Gasteiger partial charge >= 0.3 is 5.97 Å². The Labute approximate surface area is 94.0 Å². The van der Waals surface area contributed by atoms with Crippen molar-refractivity contribution in [1.82, 2.24) is 4.98 Å². The first-order valence-corrected chi connectivity index (χ1v) is 5.89. The van der Waals surface area contributed by atoms with Gasteiger partial charge in [0.15, 0.2) is 5.69 Å². The normalized spacial score (nSPS) is 10.5. The summed E-state index contributed by atoms with van der Waals surface area (Å²) in [6.45, 7) is 0.274. The van der Waals surface area contributed by atoms with Gasteiger partial charge in [0.1, 0.15) is 5.01 Å². The minimum Gasteiger partial charge on any atom is -0.476 e. The zero-order chi connectivity index (χ0) is 10.8. The van der Waals surface area contributed by atoms with E-state index in [0.717, 1.165) is 4.88 Å². The van der Waals surface area contributed by atoms with E-state index < -0.39 is 5.97 Å². The first kappa shape index (κ1) is 10.3. The zero-order valence-corrected chi connectivity index (χ0v) is 9.27. The molecule has 0 saturated carbocycles. The van der Waals surface area contributed by atoms with E-state index in [9.17, 15) is 4.79 Å². The van der Waals surface area contributed by atoms with Gasteiger partial charge in [-0.15, -0.1) is 22.7 Å². The van der Waals surface area contributed by atoms with E-state index in [2.05, 4.69) is 4.98 Å². The Kier molecular flexibility index (Phi) is 2.81. The largest absolute Gasteiger partial charge is 0.476 e. The standard InChI is InChI=1S/C9H8N2O2S2/c10-4-6-11-7(9(12)13)8(15-6)5-2-1-3-14-5/h1-3H,4,10H2,(H,12,13). The lowest BCUT2D eigenvalue weighted by atomic mass is 10.3. The van der Waals surface area contributed by atoms with Gasteiger partial charge in [-0.1, -0.05) is 6.07 Å². The fraction of sp³-hybridized carbons (Fsp3) is 0.111. The van der Waals surface area contributed by atoms with Crippen LogP contribution in [0.1, 0.15) is 15.5 Å². The van der Waals surface area contributed by atoms with Gasteiger partial charge in [-0.05, 0) is 11.4 Å². The third kappa shape index (κ3) is 1.92. The third-order valence-electron chi connectivity index (χ3n) is 1.79. The summed E-state index contributed by atoms with van der Waals surface area (Å²) in [5.41, 5.74) is 5.54. The van der Waals surface area contributed by atoms with E-state index in [1.54, 1.807) is 0 Å². The molecular formula is C9H8N2O2S2. The molecule has 0 saturated heterocycles. The molecule has 15 heavy (non-hydrogen) atoms. The highest BCUT2D eigenvalue weighted by Crippen LogP contribution is 2.33. The number of nitrogens with zero attached hydrogens (tertiary/aromatic N) is 1. The summed E-state index contributed by atoms with van der Waals surface area (Å²) < 4.78 is 0. The van der Waals surface area contributed by atoms with Crippen molar-refractivity contribution in [3.05, 3.63) is 28.2 Å². The maximum absolute atomic E-state index is 11.0. The molecular weight excluding hydrogens is 232 g/mol. The molecule has 0 aromatic carbocycles. The number of rotatable bonds is 3. The Bertz CT molecular complexity index is 476. The van der Waals surface area contributed by atoms with Crippen LogP contribution in [0, 0.1) is 0 Å². The Morgan fingerprint density at radius 3 is 2.93 bits per heavy atom. The highest BCUT2D eigenvalue weighted by Gasteiger charge is 2.18. The fourth-order valence-corrected chi connectivity index (χ4v) is 2.96. The number of hydrogen-bond acceptors (Lipinski definition) is 5. The highest BCUT2D eigenvalue weighted by atomic mass is 32.1. The molecule has 3 N–H and O–H groups in total. The van der Waals surface area contributed by atoms with Crippen LogP contribution in [0.3, 0.4) is 0 Å². The molecule has 2 heterocycles. The second-order valence-corrected chi connectivity index (χ2v) is 4.80. The SMILES string of the molecule is NCc1nc(C(=O)O)c(-c2cccs2)s1. The van der Waals surface area contributed by atoms with Crippen LogP contribution in [-0.2, 0) is 6.54 Å². The second kappa shape index (κ2) is 4.09. The summed E-state index contributed by atoms with van der Waals surface area (Å²) in [6, 6.07) is 3.76. The number of hydrogen-bond donors (Lipinski definition) is 2. The Balaban J connectivity index is 2.54. The predicted molar refractivity (Wildman–Crippen MR) is 60.3 cm³/mol. The number of carboxylic acids is 1. The molecule has 0 unspecified atom stereocenters. The lowest BCUT2D eigenvalue weighted by molar-refractivity contribution is 0.0692. The van der Waals surface area contributed by atoms with Crippen molar-refractivity contribution in [3.63, 3.8) is 0 Å². The van der Waals surface area contributed by atoms with Crippen molar-refractivity contribution < 1.29 is 9.90 Å². The average molecular weight is 240 g/mol. The van der Waals surface area contributed by atoms with Crippen LogP contribution in [0.4, 0.5) is 0 Å². The molecule has 0 aliphatic rings. The quantitative estimate of drug-likeness (QED) is 0.860. The summed E-state index contributed by atoms with van der Waals surface area (Å²) in [5, 5.41) is 11.5. The molecule has 0 atom stereocenters. The molecule has 2 aromatic heterocycles. The first-order chi connectivity index (χ1) is 7.22. The number of nitrogens with two attached hydrogens (primary N) is 1. The van der Waals surface area contributed by atoms with E-state index in [4.69, 9.17) is 10.8 Å². The molecule has 0 spiro atoms. The van der Waals surface area contributed by atoms with Gasteiger partial charge in [0.25, 0.3) is 0 Å². The smallest absolute Gasteiger partial charge is 0.356 e. The van der Waals surface area contributed by atoms with Crippen LogP contribution in [0.15, 0.2) is 17.5 Å². The molecule has 0 radical (unpaired) electrons. The van der Waals surface area contributed by atoms with Crippen LogP contribution >= 0.6 is 22.7 Å². The number of thiazole rings is 1. The Morgan fingerprint density at radius 1 is 1.60 bits per heavy atom. The second-order valence-electron chi connectivity index (χ2n) is 2.77. The minimum atomic E-state index is -1.01. The van der Waals surface area contributed by atoms with Crippen molar-refractivity contribution in [3.8, 4) is 9.75 Å².